The van der Waals surface area contributed by atoms with Gasteiger partial charge in [-0.2, -0.15) is 0 Å². The maximum absolute atomic E-state index is 12.8. The van der Waals surface area contributed by atoms with Gasteiger partial charge in [0.05, 0.1) is 37.1 Å². The van der Waals surface area contributed by atoms with Crippen LogP contribution in [0.4, 0.5) is 5.13 Å². The zero-order valence-corrected chi connectivity index (χ0v) is 21.7. The molecule has 0 atom stereocenters. The predicted octanol–water partition coefficient (Wildman–Crippen LogP) is 5.79. The van der Waals surface area contributed by atoms with Gasteiger partial charge in [-0.1, -0.05) is 23.9 Å². The largest absolute Gasteiger partial charge is 0.496 e. The lowest BCUT2D eigenvalue weighted by Crippen LogP contribution is -2.14. The fourth-order valence-electron chi connectivity index (χ4n) is 3.62. The molecule has 0 aliphatic rings. The molecule has 0 saturated heterocycles. The van der Waals surface area contributed by atoms with Crippen LogP contribution in [0.25, 0.3) is 28.5 Å². The summed E-state index contributed by atoms with van der Waals surface area (Å²) in [5, 5.41) is 14.5. The number of carbonyl (C=O) groups is 1. The van der Waals surface area contributed by atoms with Crippen molar-refractivity contribution in [1.29, 1.82) is 0 Å². The second-order valence-electron chi connectivity index (χ2n) is 7.62. The summed E-state index contributed by atoms with van der Waals surface area (Å²) in [4.78, 5) is 17.3. The van der Waals surface area contributed by atoms with E-state index in [9.17, 15) is 4.79 Å². The van der Waals surface area contributed by atoms with E-state index in [1.165, 1.54) is 23.1 Å². The van der Waals surface area contributed by atoms with E-state index in [0.29, 0.717) is 28.5 Å². The molecule has 37 heavy (non-hydrogen) atoms. The lowest BCUT2D eigenvalue weighted by molar-refractivity contribution is -0.113. The van der Waals surface area contributed by atoms with Gasteiger partial charge >= 0.3 is 0 Å². The summed E-state index contributed by atoms with van der Waals surface area (Å²) in [5.41, 5.74) is 2.43. The number of thioether (sulfide) groups is 1. The lowest BCUT2D eigenvalue weighted by Gasteiger charge is -2.10. The number of benzene rings is 2. The molecule has 0 aliphatic carbocycles. The van der Waals surface area contributed by atoms with Crippen molar-refractivity contribution in [2.75, 3.05) is 24.8 Å². The number of hydrogen-bond donors (Lipinski definition) is 1. The number of carbonyl (C=O) groups excluding carboxylic acids is 1. The number of para-hydroxylation sites is 1. The maximum atomic E-state index is 12.8. The molecule has 0 spiro atoms. The predicted molar refractivity (Wildman–Crippen MR) is 144 cm³/mol. The highest BCUT2D eigenvalue weighted by Gasteiger charge is 2.19. The van der Waals surface area contributed by atoms with Crippen molar-refractivity contribution < 1.29 is 18.7 Å². The Morgan fingerprint density at radius 3 is 2.70 bits per heavy atom. The Morgan fingerprint density at radius 1 is 1.11 bits per heavy atom. The Morgan fingerprint density at radius 2 is 1.95 bits per heavy atom. The molecule has 0 aliphatic heterocycles. The Labute approximate surface area is 221 Å². The molecule has 11 heteroatoms. The number of amides is 1. The van der Waals surface area contributed by atoms with Crippen LogP contribution < -0.4 is 14.8 Å². The van der Waals surface area contributed by atoms with Crippen LogP contribution in [0.3, 0.4) is 0 Å². The highest BCUT2D eigenvalue weighted by Crippen LogP contribution is 2.32. The Kier molecular flexibility index (Phi) is 7.52. The molecule has 0 saturated carbocycles. The van der Waals surface area contributed by atoms with Crippen molar-refractivity contribution in [3.63, 3.8) is 0 Å². The first-order valence-electron chi connectivity index (χ1n) is 11.4. The van der Waals surface area contributed by atoms with Gasteiger partial charge in [-0.15, -0.1) is 21.5 Å². The first-order chi connectivity index (χ1) is 18.2. The van der Waals surface area contributed by atoms with Gasteiger partial charge in [-0.25, -0.2) is 4.98 Å². The van der Waals surface area contributed by atoms with E-state index in [2.05, 4.69) is 20.5 Å². The van der Waals surface area contributed by atoms with Crippen molar-refractivity contribution in [1.82, 2.24) is 19.7 Å². The number of furan rings is 1. The van der Waals surface area contributed by atoms with E-state index in [1.54, 1.807) is 19.4 Å². The van der Waals surface area contributed by atoms with Crippen molar-refractivity contribution in [2.24, 2.45) is 0 Å². The SMILES string of the molecule is CCOc1ccc(-n2c(SCC(=O)Nc3nc(-c4ccccc4OC)cs3)nnc2-c2ccco2)cc1. The number of ether oxygens (including phenoxy) is 2. The van der Waals surface area contributed by atoms with Crippen molar-refractivity contribution in [2.45, 2.75) is 12.1 Å². The molecule has 0 radical (unpaired) electrons. The third-order valence-electron chi connectivity index (χ3n) is 5.25. The average Bonchev–Trinajstić information content (AvgIpc) is 3.69. The van der Waals surface area contributed by atoms with Crippen LogP contribution in [0.2, 0.25) is 0 Å². The molecule has 0 unspecified atom stereocenters. The number of nitrogens with zero attached hydrogens (tertiary/aromatic N) is 4. The molecule has 3 aromatic heterocycles. The minimum absolute atomic E-state index is 0.122. The number of rotatable bonds is 10. The fourth-order valence-corrected chi connectivity index (χ4v) is 5.09. The monoisotopic (exact) mass is 533 g/mol. The molecule has 0 bridgehead atoms. The molecule has 1 N–H and O–H groups in total. The van der Waals surface area contributed by atoms with Crippen LogP contribution >= 0.6 is 23.1 Å². The first-order valence-corrected chi connectivity index (χ1v) is 13.3. The Balaban J connectivity index is 1.32. The van der Waals surface area contributed by atoms with Crippen molar-refractivity contribution in [3.8, 4) is 40.0 Å². The molecule has 5 rings (SSSR count). The summed E-state index contributed by atoms with van der Waals surface area (Å²) < 4.78 is 18.4. The summed E-state index contributed by atoms with van der Waals surface area (Å²) in [6, 6.07) is 18.8. The highest BCUT2D eigenvalue weighted by atomic mass is 32.2. The van der Waals surface area contributed by atoms with Crippen LogP contribution in [-0.4, -0.2) is 45.1 Å². The van der Waals surface area contributed by atoms with Gasteiger partial charge in [0.1, 0.15) is 11.5 Å². The molecule has 0 fully saturated rings. The number of thiazole rings is 1. The van der Waals surface area contributed by atoms with Crippen LogP contribution in [0, 0.1) is 0 Å². The maximum Gasteiger partial charge on any atom is 0.236 e. The average molecular weight is 534 g/mol. The number of hydrogen-bond acceptors (Lipinski definition) is 9. The topological polar surface area (TPSA) is 104 Å². The van der Waals surface area contributed by atoms with Crippen LogP contribution in [-0.2, 0) is 4.79 Å². The molecular weight excluding hydrogens is 510 g/mol. The van der Waals surface area contributed by atoms with E-state index < -0.39 is 0 Å². The van der Waals surface area contributed by atoms with Crippen LogP contribution in [0.15, 0.2) is 81.9 Å². The lowest BCUT2D eigenvalue weighted by atomic mass is 10.1. The molecular formula is C26H23N5O4S2. The minimum Gasteiger partial charge on any atom is -0.496 e. The molecule has 2 aromatic carbocycles. The van der Waals surface area contributed by atoms with Crippen molar-refractivity contribution in [3.05, 3.63) is 72.3 Å². The summed E-state index contributed by atoms with van der Waals surface area (Å²) in [7, 11) is 1.62. The Bertz CT molecular complexity index is 1480. The minimum atomic E-state index is -0.202. The van der Waals surface area contributed by atoms with Crippen LogP contribution in [0.5, 0.6) is 11.5 Å². The standard InChI is InChI=1S/C26H23N5O4S2/c1-3-34-18-12-10-17(11-13-18)31-24(22-9-6-14-35-22)29-30-26(31)37-16-23(32)28-25-27-20(15-36-25)19-7-4-5-8-21(19)33-2/h4-15H,3,16H2,1-2H3,(H,27,28,32). The van der Waals surface area contributed by atoms with Crippen molar-refractivity contribution >= 4 is 34.1 Å². The Hall–Kier alpha value is -4.09. The van der Waals surface area contributed by atoms with E-state index >= 15 is 0 Å². The zero-order valence-electron chi connectivity index (χ0n) is 20.1. The van der Waals surface area contributed by atoms with Gasteiger partial charge < -0.3 is 19.2 Å². The third kappa shape index (κ3) is 5.52. The normalized spacial score (nSPS) is 10.9. The van der Waals surface area contributed by atoms with Gasteiger partial charge in [0.15, 0.2) is 16.0 Å². The van der Waals surface area contributed by atoms with Gasteiger partial charge in [0, 0.05) is 10.9 Å². The molecule has 1 amide bonds. The summed E-state index contributed by atoms with van der Waals surface area (Å²) in [5.74, 6) is 2.52. The molecule has 5 aromatic rings. The highest BCUT2D eigenvalue weighted by molar-refractivity contribution is 7.99. The number of anilines is 1. The number of methoxy groups -OCH3 is 1. The van der Waals surface area contributed by atoms with Gasteiger partial charge in [-0.05, 0) is 55.5 Å². The second kappa shape index (κ2) is 11.3. The molecule has 188 valence electrons. The van der Waals surface area contributed by atoms with E-state index in [0.717, 1.165) is 28.4 Å². The third-order valence-corrected chi connectivity index (χ3v) is 6.93. The molecule has 9 nitrogen and oxygen atoms in total. The number of aromatic nitrogens is 4. The molecule has 3 heterocycles. The van der Waals surface area contributed by atoms with Gasteiger partial charge in [-0.3, -0.25) is 9.36 Å². The fraction of sp³-hybridized carbons (Fsp3) is 0.154. The first kappa shape index (κ1) is 24.6. The van der Waals surface area contributed by atoms with E-state index in [4.69, 9.17) is 13.9 Å². The van der Waals surface area contributed by atoms with Gasteiger partial charge in [0.25, 0.3) is 0 Å². The summed E-state index contributed by atoms with van der Waals surface area (Å²) in [6.07, 6.45) is 1.58. The van der Waals surface area contributed by atoms with Gasteiger partial charge in [0.2, 0.25) is 11.7 Å². The quantitative estimate of drug-likeness (QED) is 0.225. The second-order valence-corrected chi connectivity index (χ2v) is 9.42. The smallest absolute Gasteiger partial charge is 0.236 e. The summed E-state index contributed by atoms with van der Waals surface area (Å²) >= 11 is 2.63. The van der Waals surface area contributed by atoms with E-state index in [-0.39, 0.29) is 11.7 Å². The van der Waals surface area contributed by atoms with Crippen LogP contribution in [0.1, 0.15) is 6.92 Å². The zero-order chi connectivity index (χ0) is 25.6. The number of nitrogens with one attached hydrogen (secondary N) is 1. The summed E-state index contributed by atoms with van der Waals surface area (Å²) in [6.45, 7) is 2.52. The van der Waals surface area contributed by atoms with E-state index in [1.807, 2.05) is 71.5 Å².